The van der Waals surface area contributed by atoms with E-state index in [0.717, 1.165) is 24.8 Å². The Balaban J connectivity index is 2.50. The lowest BCUT2D eigenvalue weighted by Gasteiger charge is -2.19. The number of nitrogens with two attached hydrogens (primary N) is 1. The SMILES string of the molecule is CCC(CCN)CCC(=O)N(C)Cc1cc(Cl)cc(Cl)c1. The molecule has 0 aromatic heterocycles. The molecule has 0 fully saturated rings. The number of amides is 1. The van der Waals surface area contributed by atoms with E-state index in [1.165, 1.54) is 0 Å². The van der Waals surface area contributed by atoms with Gasteiger partial charge in [-0.15, -0.1) is 0 Å². The largest absolute Gasteiger partial charge is 0.341 e. The molecule has 0 aliphatic heterocycles. The highest BCUT2D eigenvalue weighted by molar-refractivity contribution is 6.34. The number of nitrogens with zero attached hydrogens (tertiary/aromatic N) is 1. The number of carbonyl (C=O) groups is 1. The summed E-state index contributed by atoms with van der Waals surface area (Å²) >= 11 is 11.9. The molecule has 5 heteroatoms. The number of halogens is 2. The van der Waals surface area contributed by atoms with Crippen LogP contribution < -0.4 is 5.73 Å². The van der Waals surface area contributed by atoms with E-state index in [0.29, 0.717) is 35.5 Å². The summed E-state index contributed by atoms with van der Waals surface area (Å²) in [5, 5.41) is 1.18. The van der Waals surface area contributed by atoms with Crippen molar-refractivity contribution in [1.29, 1.82) is 0 Å². The Hall–Kier alpha value is -0.770. The molecule has 1 aromatic rings. The minimum absolute atomic E-state index is 0.140. The predicted octanol–water partition coefficient (Wildman–Crippen LogP) is 4.11. The highest BCUT2D eigenvalue weighted by atomic mass is 35.5. The summed E-state index contributed by atoms with van der Waals surface area (Å²) in [5.41, 5.74) is 6.52. The Morgan fingerprint density at radius 3 is 2.38 bits per heavy atom. The minimum Gasteiger partial charge on any atom is -0.341 e. The van der Waals surface area contributed by atoms with Crippen LogP contribution in [0.2, 0.25) is 10.0 Å². The second kappa shape index (κ2) is 9.29. The molecule has 2 N–H and O–H groups in total. The van der Waals surface area contributed by atoms with Crippen molar-refractivity contribution in [2.75, 3.05) is 13.6 Å². The second-order valence-electron chi connectivity index (χ2n) is 5.42. The van der Waals surface area contributed by atoms with Gasteiger partial charge in [-0.3, -0.25) is 4.79 Å². The molecule has 0 aliphatic rings. The van der Waals surface area contributed by atoms with Crippen molar-refractivity contribution in [3.63, 3.8) is 0 Å². The third-order valence-electron chi connectivity index (χ3n) is 3.69. The lowest BCUT2D eigenvalue weighted by Crippen LogP contribution is -2.26. The summed E-state index contributed by atoms with van der Waals surface area (Å²) in [7, 11) is 1.81. The zero-order chi connectivity index (χ0) is 15.8. The smallest absolute Gasteiger partial charge is 0.222 e. The summed E-state index contributed by atoms with van der Waals surface area (Å²) in [5.74, 6) is 0.675. The van der Waals surface area contributed by atoms with Crippen LogP contribution in [0.25, 0.3) is 0 Å². The van der Waals surface area contributed by atoms with Crippen LogP contribution in [0.4, 0.5) is 0 Å². The van der Waals surface area contributed by atoms with Crippen LogP contribution in [0.5, 0.6) is 0 Å². The molecule has 3 nitrogen and oxygen atoms in total. The van der Waals surface area contributed by atoms with Gasteiger partial charge in [0.1, 0.15) is 0 Å². The molecule has 0 saturated heterocycles. The topological polar surface area (TPSA) is 46.3 Å². The summed E-state index contributed by atoms with van der Waals surface area (Å²) < 4.78 is 0. The first-order chi connectivity index (χ1) is 9.96. The molecule has 1 aromatic carbocycles. The third-order valence-corrected chi connectivity index (χ3v) is 4.12. The normalized spacial score (nSPS) is 12.2. The molecule has 21 heavy (non-hydrogen) atoms. The summed E-state index contributed by atoms with van der Waals surface area (Å²) in [6.07, 6.45) is 3.51. The Morgan fingerprint density at radius 1 is 1.24 bits per heavy atom. The number of hydrogen-bond donors (Lipinski definition) is 1. The first-order valence-corrected chi connectivity index (χ1v) is 8.10. The number of rotatable bonds is 8. The molecule has 0 aliphatic carbocycles. The molecule has 0 heterocycles. The second-order valence-corrected chi connectivity index (χ2v) is 6.29. The van der Waals surface area contributed by atoms with Crippen molar-refractivity contribution < 1.29 is 4.79 Å². The maximum absolute atomic E-state index is 12.2. The van der Waals surface area contributed by atoms with E-state index in [1.54, 1.807) is 18.0 Å². The van der Waals surface area contributed by atoms with Gasteiger partial charge in [-0.25, -0.2) is 0 Å². The van der Waals surface area contributed by atoms with Crippen molar-refractivity contribution >= 4 is 29.1 Å². The third kappa shape index (κ3) is 6.68. The lowest BCUT2D eigenvalue weighted by molar-refractivity contribution is -0.130. The summed E-state index contributed by atoms with van der Waals surface area (Å²) in [4.78, 5) is 13.9. The molecule has 1 unspecified atom stereocenters. The van der Waals surface area contributed by atoms with Gasteiger partial charge in [0.2, 0.25) is 5.91 Å². The summed E-state index contributed by atoms with van der Waals surface area (Å²) in [6, 6.07) is 5.36. The molecule has 1 rings (SSSR count). The van der Waals surface area contributed by atoms with Crippen LogP contribution in [0, 0.1) is 5.92 Å². The Kier molecular flexibility index (Phi) is 8.09. The Labute approximate surface area is 137 Å². The maximum atomic E-state index is 12.2. The molecule has 1 atom stereocenters. The monoisotopic (exact) mass is 330 g/mol. The molecule has 0 bridgehead atoms. The zero-order valence-corrected chi connectivity index (χ0v) is 14.3. The van der Waals surface area contributed by atoms with Crippen LogP contribution in [-0.2, 0) is 11.3 Å². The van der Waals surface area contributed by atoms with Gasteiger partial charge in [0, 0.05) is 30.1 Å². The van der Waals surface area contributed by atoms with Crippen LogP contribution in [0.15, 0.2) is 18.2 Å². The van der Waals surface area contributed by atoms with E-state index in [2.05, 4.69) is 6.92 Å². The van der Waals surface area contributed by atoms with Gasteiger partial charge in [-0.05, 0) is 49.1 Å². The molecule has 118 valence electrons. The standard InChI is InChI=1S/C16H24Cl2N2O/c1-3-12(6-7-19)4-5-16(21)20(2)11-13-8-14(17)10-15(18)9-13/h8-10,12H,3-7,11,19H2,1-2H3. The van der Waals surface area contributed by atoms with Crippen LogP contribution in [-0.4, -0.2) is 24.4 Å². The van der Waals surface area contributed by atoms with E-state index in [4.69, 9.17) is 28.9 Å². The fourth-order valence-electron chi connectivity index (χ4n) is 2.37. The van der Waals surface area contributed by atoms with Crippen LogP contribution in [0.3, 0.4) is 0 Å². The first kappa shape index (κ1) is 18.3. The van der Waals surface area contributed by atoms with Crippen molar-refractivity contribution in [3.8, 4) is 0 Å². The number of hydrogen-bond acceptors (Lipinski definition) is 2. The average Bonchev–Trinajstić information content (AvgIpc) is 2.41. The predicted molar refractivity (Wildman–Crippen MR) is 89.6 cm³/mol. The number of benzene rings is 1. The van der Waals surface area contributed by atoms with Crippen LogP contribution >= 0.6 is 23.2 Å². The van der Waals surface area contributed by atoms with Gasteiger partial charge in [-0.1, -0.05) is 36.5 Å². The van der Waals surface area contributed by atoms with Gasteiger partial charge in [0.05, 0.1) is 0 Å². The maximum Gasteiger partial charge on any atom is 0.222 e. The molecule has 0 saturated carbocycles. The van der Waals surface area contributed by atoms with Crippen LogP contribution in [0.1, 0.15) is 38.2 Å². The van der Waals surface area contributed by atoms with Crippen molar-refractivity contribution in [1.82, 2.24) is 4.90 Å². The minimum atomic E-state index is 0.140. The highest BCUT2D eigenvalue weighted by Gasteiger charge is 2.13. The molecule has 0 spiro atoms. The quantitative estimate of drug-likeness (QED) is 0.779. The fraction of sp³-hybridized carbons (Fsp3) is 0.562. The van der Waals surface area contributed by atoms with Gasteiger partial charge in [0.25, 0.3) is 0 Å². The van der Waals surface area contributed by atoms with Crippen molar-refractivity contribution in [2.24, 2.45) is 11.7 Å². The van der Waals surface area contributed by atoms with Gasteiger partial charge >= 0.3 is 0 Å². The van der Waals surface area contributed by atoms with E-state index >= 15 is 0 Å². The molecular weight excluding hydrogens is 307 g/mol. The van der Waals surface area contributed by atoms with E-state index in [1.807, 2.05) is 12.1 Å². The first-order valence-electron chi connectivity index (χ1n) is 7.35. The Morgan fingerprint density at radius 2 is 1.86 bits per heavy atom. The lowest BCUT2D eigenvalue weighted by atomic mass is 9.96. The Bertz CT molecular complexity index is 445. The summed E-state index contributed by atoms with van der Waals surface area (Å²) in [6.45, 7) is 3.35. The van der Waals surface area contributed by atoms with Crippen molar-refractivity contribution in [3.05, 3.63) is 33.8 Å². The zero-order valence-electron chi connectivity index (χ0n) is 12.7. The van der Waals surface area contributed by atoms with E-state index < -0.39 is 0 Å². The van der Waals surface area contributed by atoms with Gasteiger partial charge < -0.3 is 10.6 Å². The van der Waals surface area contributed by atoms with E-state index in [9.17, 15) is 4.79 Å². The molecule has 0 radical (unpaired) electrons. The van der Waals surface area contributed by atoms with Gasteiger partial charge in [-0.2, -0.15) is 0 Å². The van der Waals surface area contributed by atoms with Gasteiger partial charge in [0.15, 0.2) is 0 Å². The van der Waals surface area contributed by atoms with E-state index in [-0.39, 0.29) is 5.91 Å². The van der Waals surface area contributed by atoms with Crippen molar-refractivity contribution in [2.45, 2.75) is 39.2 Å². The average molecular weight is 331 g/mol. The molecular formula is C16H24Cl2N2O. The highest BCUT2D eigenvalue weighted by Crippen LogP contribution is 2.20. The molecule has 1 amide bonds. The fourth-order valence-corrected chi connectivity index (χ4v) is 2.94. The number of carbonyl (C=O) groups excluding carboxylic acids is 1.